The zero-order chi connectivity index (χ0) is 11.7. The van der Waals surface area contributed by atoms with Gasteiger partial charge in [-0.2, -0.15) is 0 Å². The van der Waals surface area contributed by atoms with Gasteiger partial charge in [0.15, 0.2) is 12.6 Å². The lowest BCUT2D eigenvalue weighted by Crippen LogP contribution is -2.00. The molecule has 2 unspecified atom stereocenters. The van der Waals surface area contributed by atoms with Crippen molar-refractivity contribution in [3.63, 3.8) is 0 Å². The van der Waals surface area contributed by atoms with Gasteiger partial charge in [0.1, 0.15) is 6.10 Å². The van der Waals surface area contributed by atoms with Crippen LogP contribution in [0.25, 0.3) is 0 Å². The Balaban J connectivity index is 2.23. The molecule has 2 atom stereocenters. The van der Waals surface area contributed by atoms with Crippen LogP contribution in [0.1, 0.15) is 28.9 Å². The fraction of sp³-hybridized carbons (Fsp3) is 0.364. The van der Waals surface area contributed by atoms with E-state index >= 15 is 0 Å². The molecule has 4 nitrogen and oxygen atoms in total. The summed E-state index contributed by atoms with van der Waals surface area (Å²) in [6.45, 7) is 2.52. The number of carbonyl (C=O) groups excluding carboxylic acids is 1. The topological polar surface area (TPSA) is 64.8 Å². The Kier molecular flexibility index (Phi) is 3.28. The molecule has 86 valence electrons. The van der Waals surface area contributed by atoms with Gasteiger partial charge < -0.3 is 15.2 Å². The number of nitrogen functional groups attached to an aromatic ring is 1. The van der Waals surface area contributed by atoms with Gasteiger partial charge in [0, 0.05) is 27.9 Å². The molecular weight excluding hydrogens is 274 g/mol. The maximum absolute atomic E-state index is 10.7. The molecule has 2 rings (SSSR count). The van der Waals surface area contributed by atoms with Crippen molar-refractivity contribution < 1.29 is 14.3 Å². The van der Waals surface area contributed by atoms with E-state index in [0.717, 1.165) is 16.3 Å². The van der Waals surface area contributed by atoms with Crippen LogP contribution in [0.4, 0.5) is 5.69 Å². The molecular formula is C11H12BrNO3. The molecule has 0 bridgehead atoms. The molecule has 2 N–H and O–H groups in total. The number of nitrogens with two attached hydrogens (primary N) is 1. The average molecular weight is 286 g/mol. The third-order valence-electron chi connectivity index (χ3n) is 2.42. The number of hydrogen-bond acceptors (Lipinski definition) is 4. The molecule has 0 saturated carbocycles. The van der Waals surface area contributed by atoms with Crippen molar-refractivity contribution in [2.24, 2.45) is 0 Å². The smallest absolute Gasteiger partial charge is 0.189 e. The Morgan fingerprint density at radius 3 is 3.00 bits per heavy atom. The minimum Gasteiger partial charge on any atom is -0.398 e. The highest BCUT2D eigenvalue weighted by atomic mass is 79.9. The molecule has 1 fully saturated rings. The van der Waals surface area contributed by atoms with Crippen molar-refractivity contribution in [3.8, 4) is 0 Å². The quantitative estimate of drug-likeness (QED) is 0.524. The number of carbonyl (C=O) groups is 1. The van der Waals surface area contributed by atoms with Crippen molar-refractivity contribution in [2.75, 3.05) is 12.3 Å². The first-order chi connectivity index (χ1) is 7.67. The van der Waals surface area contributed by atoms with Gasteiger partial charge in [-0.3, -0.25) is 4.79 Å². The molecule has 1 heterocycles. The summed E-state index contributed by atoms with van der Waals surface area (Å²) >= 11 is 3.31. The van der Waals surface area contributed by atoms with E-state index in [4.69, 9.17) is 15.2 Å². The lowest BCUT2D eigenvalue weighted by Gasteiger charge is -2.05. The van der Waals surface area contributed by atoms with Crippen molar-refractivity contribution in [1.82, 2.24) is 0 Å². The summed E-state index contributed by atoms with van der Waals surface area (Å²) in [6, 6.07) is 3.44. The molecule has 5 heteroatoms. The number of hydrogen-bond donors (Lipinski definition) is 1. The van der Waals surface area contributed by atoms with E-state index < -0.39 is 0 Å². The number of anilines is 1. The third kappa shape index (κ3) is 2.11. The largest absolute Gasteiger partial charge is 0.398 e. The zero-order valence-corrected chi connectivity index (χ0v) is 10.4. The van der Waals surface area contributed by atoms with E-state index in [-0.39, 0.29) is 12.4 Å². The van der Waals surface area contributed by atoms with Crippen molar-refractivity contribution in [2.45, 2.75) is 19.3 Å². The molecule has 1 aliphatic rings. The number of benzene rings is 1. The lowest BCUT2D eigenvalue weighted by atomic mass is 10.1. The maximum atomic E-state index is 10.7. The van der Waals surface area contributed by atoms with Crippen LogP contribution in [-0.2, 0) is 9.47 Å². The van der Waals surface area contributed by atoms with Gasteiger partial charge in [-0.15, -0.1) is 0 Å². The van der Waals surface area contributed by atoms with E-state index in [1.807, 2.05) is 13.0 Å². The normalized spacial score (nSPS) is 23.1. The highest BCUT2D eigenvalue weighted by Crippen LogP contribution is 2.43. The lowest BCUT2D eigenvalue weighted by molar-refractivity contribution is 0.0593. The summed E-state index contributed by atoms with van der Waals surface area (Å²) in [6.07, 6.45) is 0.441. The Hall–Kier alpha value is -0.910. The fourth-order valence-corrected chi connectivity index (χ4v) is 2.02. The van der Waals surface area contributed by atoms with Gasteiger partial charge in [0.25, 0.3) is 0 Å². The first kappa shape index (κ1) is 11.6. The van der Waals surface area contributed by atoms with E-state index in [2.05, 4.69) is 15.9 Å². The molecule has 0 amide bonds. The van der Waals surface area contributed by atoms with Crippen LogP contribution in [0.2, 0.25) is 0 Å². The second kappa shape index (κ2) is 4.53. The first-order valence-corrected chi connectivity index (χ1v) is 5.77. The maximum Gasteiger partial charge on any atom is 0.189 e. The fourth-order valence-electron chi connectivity index (χ4n) is 1.57. The van der Waals surface area contributed by atoms with Gasteiger partial charge in [0.2, 0.25) is 0 Å². The number of rotatable bonds is 4. The van der Waals surface area contributed by atoms with Crippen molar-refractivity contribution >= 4 is 27.9 Å². The average Bonchev–Trinajstić information content (AvgIpc) is 3.01. The molecule has 0 aromatic heterocycles. The molecule has 1 saturated heterocycles. The molecule has 16 heavy (non-hydrogen) atoms. The van der Waals surface area contributed by atoms with Crippen LogP contribution in [-0.4, -0.2) is 19.2 Å². The van der Waals surface area contributed by atoms with E-state index in [0.29, 0.717) is 17.9 Å². The Labute approximate surface area is 102 Å². The van der Waals surface area contributed by atoms with Crippen LogP contribution >= 0.6 is 15.9 Å². The monoisotopic (exact) mass is 285 g/mol. The standard InChI is InChI=1S/C11H12BrNO3/c1-2-15-11-10(16-11)7-4-8(12)6(5-14)3-9(7)13/h3-5,10-11H,2,13H2,1H3. The zero-order valence-electron chi connectivity index (χ0n) is 8.77. The second-order valence-corrected chi connectivity index (χ2v) is 4.36. The minimum atomic E-state index is -0.207. The van der Waals surface area contributed by atoms with Crippen LogP contribution in [0.5, 0.6) is 0 Å². The number of epoxide rings is 1. The van der Waals surface area contributed by atoms with Gasteiger partial charge >= 0.3 is 0 Å². The van der Waals surface area contributed by atoms with Gasteiger partial charge in [-0.05, 0) is 19.1 Å². The highest BCUT2D eigenvalue weighted by molar-refractivity contribution is 9.10. The van der Waals surface area contributed by atoms with Crippen LogP contribution in [0, 0.1) is 0 Å². The predicted octanol–water partition coefficient (Wildman–Crippen LogP) is 2.28. The molecule has 0 aliphatic carbocycles. The molecule has 1 aliphatic heterocycles. The van der Waals surface area contributed by atoms with Gasteiger partial charge in [-0.25, -0.2) is 0 Å². The molecule has 0 spiro atoms. The first-order valence-electron chi connectivity index (χ1n) is 4.98. The van der Waals surface area contributed by atoms with Gasteiger partial charge in [0.05, 0.1) is 0 Å². The van der Waals surface area contributed by atoms with Crippen LogP contribution in [0.15, 0.2) is 16.6 Å². The van der Waals surface area contributed by atoms with E-state index in [9.17, 15) is 4.79 Å². The highest BCUT2D eigenvalue weighted by Gasteiger charge is 2.42. The SMILES string of the molecule is CCOC1OC1c1cc(Br)c(C=O)cc1N. The predicted molar refractivity (Wildman–Crippen MR) is 63.2 cm³/mol. The molecule has 0 radical (unpaired) electrons. The Morgan fingerprint density at radius 1 is 1.62 bits per heavy atom. The summed E-state index contributed by atoms with van der Waals surface area (Å²) in [4.78, 5) is 10.7. The van der Waals surface area contributed by atoms with Crippen LogP contribution < -0.4 is 5.73 Å². The Bertz CT molecular complexity index is 422. The minimum absolute atomic E-state index is 0.114. The second-order valence-electron chi connectivity index (χ2n) is 3.50. The van der Waals surface area contributed by atoms with E-state index in [1.165, 1.54) is 0 Å². The summed E-state index contributed by atoms with van der Waals surface area (Å²) in [5.74, 6) is 0. The number of halogens is 1. The summed E-state index contributed by atoms with van der Waals surface area (Å²) in [7, 11) is 0. The third-order valence-corrected chi connectivity index (χ3v) is 3.10. The van der Waals surface area contributed by atoms with Crippen LogP contribution in [0.3, 0.4) is 0 Å². The van der Waals surface area contributed by atoms with Crippen molar-refractivity contribution in [3.05, 3.63) is 27.7 Å². The van der Waals surface area contributed by atoms with Crippen molar-refractivity contribution in [1.29, 1.82) is 0 Å². The summed E-state index contributed by atoms with van der Waals surface area (Å²) < 4.78 is 11.4. The molecule has 1 aromatic rings. The molecule has 1 aromatic carbocycles. The summed E-state index contributed by atoms with van der Waals surface area (Å²) in [5.41, 5.74) is 7.80. The Morgan fingerprint density at radius 2 is 2.38 bits per heavy atom. The number of ether oxygens (including phenoxy) is 2. The van der Waals surface area contributed by atoms with Gasteiger partial charge in [-0.1, -0.05) is 15.9 Å². The summed E-state index contributed by atoms with van der Waals surface area (Å²) in [5, 5.41) is 0. The van der Waals surface area contributed by atoms with E-state index in [1.54, 1.807) is 6.07 Å². The number of aldehydes is 1.